The number of ether oxygens (including phenoxy) is 1. The van der Waals surface area contributed by atoms with Gasteiger partial charge in [0, 0.05) is 28.7 Å². The molecule has 0 bridgehead atoms. The molecule has 3 aromatic carbocycles. The van der Waals surface area contributed by atoms with Crippen LogP contribution in [0.4, 0.5) is 10.1 Å². The van der Waals surface area contributed by atoms with Crippen molar-refractivity contribution in [2.45, 2.75) is 50.6 Å². The highest BCUT2D eigenvalue weighted by Crippen LogP contribution is 2.29. The number of rotatable bonds is 14. The number of sulfonamides is 1. The quantitative estimate of drug-likeness (QED) is 0.217. The Labute approximate surface area is 256 Å². The van der Waals surface area contributed by atoms with Crippen LogP contribution < -0.4 is 14.4 Å². The molecule has 0 heterocycles. The summed E-state index contributed by atoms with van der Waals surface area (Å²) in [7, 11) is -2.87. The van der Waals surface area contributed by atoms with E-state index in [2.05, 4.69) is 5.32 Å². The number of unbranched alkanes of at least 4 members (excludes halogenated alkanes) is 1. The molecular formula is C30H34Cl2FN3O5S. The lowest BCUT2D eigenvalue weighted by atomic mass is 10.1. The van der Waals surface area contributed by atoms with Crippen molar-refractivity contribution in [1.29, 1.82) is 0 Å². The van der Waals surface area contributed by atoms with Gasteiger partial charge in [0.1, 0.15) is 24.2 Å². The SMILES string of the molecule is CCCCNC(=O)C(CC)N(Cc1c(Cl)cccc1Cl)C(=O)CN(c1ccc(F)cc1)S(=O)(=O)c1ccc(OC)cc1. The van der Waals surface area contributed by atoms with Crippen LogP contribution in [0.3, 0.4) is 0 Å². The lowest BCUT2D eigenvalue weighted by Crippen LogP contribution is -2.52. The van der Waals surface area contributed by atoms with E-state index in [-0.39, 0.29) is 29.5 Å². The molecule has 0 fully saturated rings. The van der Waals surface area contributed by atoms with Crippen molar-refractivity contribution in [3.05, 3.63) is 88.2 Å². The molecule has 1 unspecified atom stereocenters. The van der Waals surface area contributed by atoms with Gasteiger partial charge in [-0.1, -0.05) is 49.5 Å². The van der Waals surface area contributed by atoms with E-state index in [1.54, 1.807) is 25.1 Å². The maximum Gasteiger partial charge on any atom is 0.264 e. The van der Waals surface area contributed by atoms with Gasteiger partial charge in [0.05, 0.1) is 17.7 Å². The van der Waals surface area contributed by atoms with Crippen molar-refractivity contribution < 1.29 is 27.1 Å². The molecule has 2 amide bonds. The van der Waals surface area contributed by atoms with Crippen molar-refractivity contribution in [1.82, 2.24) is 10.2 Å². The van der Waals surface area contributed by atoms with Crippen molar-refractivity contribution in [3.8, 4) is 5.75 Å². The number of hydrogen-bond acceptors (Lipinski definition) is 5. The van der Waals surface area contributed by atoms with Gasteiger partial charge in [-0.15, -0.1) is 0 Å². The molecule has 42 heavy (non-hydrogen) atoms. The second-order valence-electron chi connectivity index (χ2n) is 9.45. The fraction of sp³-hybridized carbons (Fsp3) is 0.333. The van der Waals surface area contributed by atoms with Crippen LogP contribution in [0, 0.1) is 5.82 Å². The normalized spacial score (nSPS) is 12.0. The van der Waals surface area contributed by atoms with Crippen LogP contribution in [0.15, 0.2) is 71.6 Å². The first-order valence-electron chi connectivity index (χ1n) is 13.5. The summed E-state index contributed by atoms with van der Waals surface area (Å²) in [6.45, 7) is 3.35. The summed E-state index contributed by atoms with van der Waals surface area (Å²) in [5, 5.41) is 3.45. The molecule has 0 aromatic heterocycles. The Hall–Kier alpha value is -3.34. The number of anilines is 1. The summed E-state index contributed by atoms with van der Waals surface area (Å²) in [5.74, 6) is -1.18. The Bertz CT molecular complexity index is 1450. The molecule has 0 spiro atoms. The molecule has 3 rings (SSSR count). The van der Waals surface area contributed by atoms with Gasteiger partial charge in [0.2, 0.25) is 11.8 Å². The zero-order chi connectivity index (χ0) is 30.9. The molecular weight excluding hydrogens is 604 g/mol. The summed E-state index contributed by atoms with van der Waals surface area (Å²) in [6.07, 6.45) is 1.86. The van der Waals surface area contributed by atoms with Gasteiger partial charge >= 0.3 is 0 Å². The topological polar surface area (TPSA) is 96.0 Å². The van der Waals surface area contributed by atoms with Gasteiger partial charge in [-0.25, -0.2) is 12.8 Å². The van der Waals surface area contributed by atoms with Gasteiger partial charge in [-0.3, -0.25) is 13.9 Å². The van der Waals surface area contributed by atoms with Gasteiger partial charge in [-0.05, 0) is 73.5 Å². The zero-order valence-corrected chi connectivity index (χ0v) is 26.0. The molecule has 0 saturated heterocycles. The largest absolute Gasteiger partial charge is 0.497 e. The van der Waals surface area contributed by atoms with E-state index in [4.69, 9.17) is 27.9 Å². The summed E-state index contributed by atoms with van der Waals surface area (Å²) in [6, 6.07) is 14.4. The Morgan fingerprint density at radius 2 is 1.60 bits per heavy atom. The highest BCUT2D eigenvalue weighted by atomic mass is 35.5. The molecule has 8 nitrogen and oxygen atoms in total. The number of carbonyl (C=O) groups is 2. The Balaban J connectivity index is 2.07. The van der Waals surface area contributed by atoms with Crippen LogP contribution in [0.1, 0.15) is 38.7 Å². The number of halogens is 3. The minimum Gasteiger partial charge on any atom is -0.497 e. The molecule has 0 aliphatic carbocycles. The van der Waals surface area contributed by atoms with E-state index in [9.17, 15) is 22.4 Å². The van der Waals surface area contributed by atoms with Crippen molar-refractivity contribution in [2.24, 2.45) is 0 Å². The minimum atomic E-state index is -4.32. The molecule has 3 aromatic rings. The Kier molecular flexibility index (Phi) is 12.0. The number of benzene rings is 3. The molecule has 0 aliphatic rings. The maximum absolute atomic E-state index is 14.1. The average Bonchev–Trinajstić information content (AvgIpc) is 2.97. The molecule has 0 aliphatic heterocycles. The van der Waals surface area contributed by atoms with Crippen LogP contribution in [-0.2, 0) is 26.2 Å². The fourth-order valence-electron chi connectivity index (χ4n) is 4.29. The number of amides is 2. The first-order chi connectivity index (χ1) is 20.0. The highest BCUT2D eigenvalue weighted by molar-refractivity contribution is 7.92. The van der Waals surface area contributed by atoms with E-state index in [0.29, 0.717) is 27.9 Å². The first kappa shape index (κ1) is 33.2. The lowest BCUT2D eigenvalue weighted by molar-refractivity contribution is -0.140. The Morgan fingerprint density at radius 3 is 2.14 bits per heavy atom. The summed E-state index contributed by atoms with van der Waals surface area (Å²) in [5.41, 5.74) is 0.483. The minimum absolute atomic E-state index is 0.0664. The summed E-state index contributed by atoms with van der Waals surface area (Å²) >= 11 is 12.9. The standard InChI is InChI=1S/C30H34Cl2FN3O5S/c1-4-6-18-34-30(38)28(5-2)35(19-25-26(31)8-7-9-27(25)32)29(37)20-36(22-12-10-21(33)11-13-22)42(39,40)24-16-14-23(41-3)15-17-24/h7-17,28H,4-6,18-20H2,1-3H3,(H,34,38). The second kappa shape index (κ2) is 15.2. The fourth-order valence-corrected chi connectivity index (χ4v) is 6.22. The third-order valence-electron chi connectivity index (χ3n) is 6.65. The molecule has 1 N–H and O–H groups in total. The number of nitrogens with one attached hydrogen (secondary N) is 1. The van der Waals surface area contributed by atoms with Crippen molar-refractivity contribution in [2.75, 3.05) is 24.5 Å². The number of methoxy groups -OCH3 is 1. The highest BCUT2D eigenvalue weighted by Gasteiger charge is 2.34. The van der Waals surface area contributed by atoms with Crippen LogP contribution in [-0.4, -0.2) is 51.4 Å². The van der Waals surface area contributed by atoms with Gasteiger partial charge in [0.15, 0.2) is 0 Å². The average molecular weight is 639 g/mol. The van der Waals surface area contributed by atoms with Crippen LogP contribution in [0.25, 0.3) is 0 Å². The number of hydrogen-bond donors (Lipinski definition) is 1. The second-order valence-corrected chi connectivity index (χ2v) is 12.1. The predicted molar refractivity (Wildman–Crippen MR) is 163 cm³/mol. The van der Waals surface area contributed by atoms with Crippen LogP contribution in [0.5, 0.6) is 5.75 Å². The lowest BCUT2D eigenvalue weighted by Gasteiger charge is -2.33. The number of nitrogens with zero attached hydrogens (tertiary/aromatic N) is 2. The molecule has 12 heteroatoms. The predicted octanol–water partition coefficient (Wildman–Crippen LogP) is 6.06. The van der Waals surface area contributed by atoms with E-state index in [1.165, 1.54) is 48.4 Å². The van der Waals surface area contributed by atoms with Gasteiger partial charge in [0.25, 0.3) is 10.0 Å². The first-order valence-corrected chi connectivity index (χ1v) is 15.7. The molecule has 226 valence electrons. The smallest absolute Gasteiger partial charge is 0.264 e. The van der Waals surface area contributed by atoms with Gasteiger partial charge in [-0.2, -0.15) is 0 Å². The number of carbonyl (C=O) groups excluding carboxylic acids is 2. The van der Waals surface area contributed by atoms with Gasteiger partial charge < -0.3 is 15.0 Å². The van der Waals surface area contributed by atoms with E-state index in [0.717, 1.165) is 29.3 Å². The third-order valence-corrected chi connectivity index (χ3v) is 9.14. The summed E-state index contributed by atoms with van der Waals surface area (Å²) in [4.78, 5) is 28.5. The van der Waals surface area contributed by atoms with E-state index >= 15 is 0 Å². The van der Waals surface area contributed by atoms with E-state index in [1.807, 2.05) is 6.92 Å². The maximum atomic E-state index is 14.1. The molecule has 0 saturated carbocycles. The third kappa shape index (κ3) is 8.14. The molecule has 1 atom stereocenters. The van der Waals surface area contributed by atoms with Crippen molar-refractivity contribution in [3.63, 3.8) is 0 Å². The zero-order valence-electron chi connectivity index (χ0n) is 23.6. The van der Waals surface area contributed by atoms with Crippen LogP contribution >= 0.6 is 23.2 Å². The Morgan fingerprint density at radius 1 is 0.976 bits per heavy atom. The monoisotopic (exact) mass is 637 g/mol. The molecule has 0 radical (unpaired) electrons. The van der Waals surface area contributed by atoms with Crippen LogP contribution in [0.2, 0.25) is 10.0 Å². The van der Waals surface area contributed by atoms with Crippen molar-refractivity contribution >= 4 is 50.7 Å². The summed E-state index contributed by atoms with van der Waals surface area (Å²) < 4.78 is 47.6. The van der Waals surface area contributed by atoms with E-state index < -0.39 is 34.3 Å².